The summed E-state index contributed by atoms with van der Waals surface area (Å²) in [5, 5.41) is 0. The first-order valence-electron chi connectivity index (χ1n) is 5.89. The Hall–Kier alpha value is -1.57. The molecule has 0 bridgehead atoms. The average Bonchev–Trinajstić information content (AvgIpc) is 2.30. The van der Waals surface area contributed by atoms with Gasteiger partial charge in [-0.25, -0.2) is 4.79 Å². The molecule has 1 aromatic carbocycles. The smallest absolute Gasteiger partial charge is 0.330 e. The van der Waals surface area contributed by atoms with E-state index in [9.17, 15) is 4.79 Å². The Labute approximate surface area is 103 Å². The van der Waals surface area contributed by atoms with Crippen LogP contribution in [0, 0.1) is 27.7 Å². The second-order valence-corrected chi connectivity index (χ2v) is 4.24. The molecule has 0 aliphatic carbocycles. The Bertz CT molecular complexity index is 456. The molecule has 0 amide bonds. The normalized spacial score (nSPS) is 10.9. The van der Waals surface area contributed by atoms with E-state index in [1.165, 1.54) is 28.3 Å². The van der Waals surface area contributed by atoms with Crippen molar-refractivity contribution < 1.29 is 9.53 Å². The summed E-state index contributed by atoms with van der Waals surface area (Å²) in [7, 11) is 0. The summed E-state index contributed by atoms with van der Waals surface area (Å²) < 4.78 is 4.86. The molecule has 1 rings (SSSR count). The first kappa shape index (κ1) is 13.5. The van der Waals surface area contributed by atoms with Crippen molar-refractivity contribution in [2.75, 3.05) is 6.61 Å². The van der Waals surface area contributed by atoms with Gasteiger partial charge in [0.25, 0.3) is 0 Å². The summed E-state index contributed by atoms with van der Waals surface area (Å²) in [5.74, 6) is -0.289. The summed E-state index contributed by atoms with van der Waals surface area (Å²) in [6, 6.07) is 2.10. The molecule has 2 nitrogen and oxygen atoms in total. The van der Waals surface area contributed by atoms with Crippen molar-refractivity contribution in [1.29, 1.82) is 0 Å². The van der Waals surface area contributed by atoms with Crippen LogP contribution in [0.1, 0.15) is 34.7 Å². The van der Waals surface area contributed by atoms with Gasteiger partial charge in [0.1, 0.15) is 0 Å². The lowest BCUT2D eigenvalue weighted by Gasteiger charge is -2.11. The summed E-state index contributed by atoms with van der Waals surface area (Å²) in [6.45, 7) is 10.6. The van der Waals surface area contributed by atoms with Crippen molar-refractivity contribution in [1.82, 2.24) is 0 Å². The number of rotatable bonds is 3. The highest BCUT2D eigenvalue weighted by Gasteiger charge is 2.05. The van der Waals surface area contributed by atoms with Gasteiger partial charge in [-0.2, -0.15) is 0 Å². The van der Waals surface area contributed by atoms with Crippen LogP contribution in [0.3, 0.4) is 0 Å². The van der Waals surface area contributed by atoms with E-state index in [1.54, 1.807) is 6.92 Å². The van der Waals surface area contributed by atoms with Gasteiger partial charge in [-0.15, -0.1) is 0 Å². The van der Waals surface area contributed by atoms with Gasteiger partial charge in [0.15, 0.2) is 0 Å². The molecule has 0 saturated carbocycles. The number of esters is 1. The Morgan fingerprint density at radius 1 is 1.18 bits per heavy atom. The largest absolute Gasteiger partial charge is 0.463 e. The Kier molecular flexibility index (Phi) is 4.50. The Morgan fingerprint density at radius 2 is 1.82 bits per heavy atom. The molecule has 0 unspecified atom stereocenters. The lowest BCUT2D eigenvalue weighted by molar-refractivity contribution is -0.137. The molecule has 0 aliphatic heterocycles. The van der Waals surface area contributed by atoms with Gasteiger partial charge in [0.05, 0.1) is 6.61 Å². The third-order valence-corrected chi connectivity index (χ3v) is 3.21. The van der Waals surface area contributed by atoms with E-state index >= 15 is 0 Å². The number of hydrogen-bond acceptors (Lipinski definition) is 2. The molecule has 0 spiro atoms. The highest BCUT2D eigenvalue weighted by molar-refractivity contribution is 5.87. The maximum Gasteiger partial charge on any atom is 0.330 e. The minimum Gasteiger partial charge on any atom is -0.463 e. The van der Waals surface area contributed by atoms with E-state index in [0.717, 1.165) is 5.56 Å². The number of carbonyl (C=O) groups excluding carboxylic acids is 1. The van der Waals surface area contributed by atoms with E-state index < -0.39 is 0 Å². The van der Waals surface area contributed by atoms with Crippen LogP contribution < -0.4 is 0 Å². The van der Waals surface area contributed by atoms with Gasteiger partial charge in [-0.1, -0.05) is 6.07 Å². The van der Waals surface area contributed by atoms with Crippen LogP contribution in [0.4, 0.5) is 0 Å². The van der Waals surface area contributed by atoms with E-state index in [1.807, 2.05) is 6.08 Å². The highest BCUT2D eigenvalue weighted by Crippen LogP contribution is 2.22. The van der Waals surface area contributed by atoms with Crippen molar-refractivity contribution in [3.05, 3.63) is 40.0 Å². The van der Waals surface area contributed by atoms with Crippen molar-refractivity contribution in [3.63, 3.8) is 0 Å². The molecular weight excluding hydrogens is 212 g/mol. The lowest BCUT2D eigenvalue weighted by Crippen LogP contribution is -1.99. The fourth-order valence-corrected chi connectivity index (χ4v) is 1.76. The first-order valence-corrected chi connectivity index (χ1v) is 5.89. The predicted octanol–water partition coefficient (Wildman–Crippen LogP) is 3.50. The van der Waals surface area contributed by atoms with Crippen LogP contribution in [0.25, 0.3) is 6.08 Å². The summed E-state index contributed by atoms with van der Waals surface area (Å²) in [6.07, 6.45) is 3.31. The third kappa shape index (κ3) is 3.19. The summed E-state index contributed by atoms with van der Waals surface area (Å²) in [4.78, 5) is 11.3. The molecule has 0 fully saturated rings. The topological polar surface area (TPSA) is 26.3 Å². The van der Waals surface area contributed by atoms with E-state index in [2.05, 4.69) is 33.8 Å². The monoisotopic (exact) mass is 232 g/mol. The molecule has 0 N–H and O–H groups in total. The van der Waals surface area contributed by atoms with Crippen LogP contribution in [0.2, 0.25) is 0 Å². The van der Waals surface area contributed by atoms with Gasteiger partial charge in [0, 0.05) is 6.08 Å². The molecular formula is C15H20O2. The van der Waals surface area contributed by atoms with E-state index in [0.29, 0.717) is 6.61 Å². The van der Waals surface area contributed by atoms with Gasteiger partial charge < -0.3 is 4.74 Å². The molecule has 92 valence electrons. The third-order valence-electron chi connectivity index (χ3n) is 3.21. The average molecular weight is 232 g/mol. The Morgan fingerprint density at radius 3 is 2.41 bits per heavy atom. The number of ether oxygens (including phenoxy) is 1. The fourth-order valence-electron chi connectivity index (χ4n) is 1.76. The van der Waals surface area contributed by atoms with Gasteiger partial charge in [-0.3, -0.25) is 0 Å². The highest BCUT2D eigenvalue weighted by atomic mass is 16.5. The van der Waals surface area contributed by atoms with Gasteiger partial charge >= 0.3 is 5.97 Å². The molecule has 0 atom stereocenters. The van der Waals surface area contributed by atoms with Crippen molar-refractivity contribution >= 4 is 12.0 Å². The maximum absolute atomic E-state index is 11.3. The number of hydrogen-bond donors (Lipinski definition) is 0. The van der Waals surface area contributed by atoms with Crippen molar-refractivity contribution in [2.45, 2.75) is 34.6 Å². The van der Waals surface area contributed by atoms with Gasteiger partial charge in [-0.05, 0) is 68.5 Å². The summed E-state index contributed by atoms with van der Waals surface area (Å²) >= 11 is 0. The number of aryl methyl sites for hydroxylation is 1. The van der Waals surface area contributed by atoms with Gasteiger partial charge in [0.2, 0.25) is 0 Å². The quantitative estimate of drug-likeness (QED) is 0.589. The van der Waals surface area contributed by atoms with Crippen LogP contribution in [0.5, 0.6) is 0 Å². The van der Waals surface area contributed by atoms with Crippen LogP contribution in [-0.2, 0) is 9.53 Å². The second-order valence-electron chi connectivity index (χ2n) is 4.24. The molecule has 0 radical (unpaired) electrons. The van der Waals surface area contributed by atoms with E-state index in [-0.39, 0.29) is 5.97 Å². The first-order chi connectivity index (χ1) is 7.97. The zero-order valence-corrected chi connectivity index (χ0v) is 11.3. The minimum atomic E-state index is -0.289. The van der Waals surface area contributed by atoms with Crippen LogP contribution in [0.15, 0.2) is 12.1 Å². The van der Waals surface area contributed by atoms with Crippen molar-refractivity contribution in [2.24, 2.45) is 0 Å². The van der Waals surface area contributed by atoms with E-state index in [4.69, 9.17) is 4.74 Å². The zero-order chi connectivity index (χ0) is 13.0. The number of benzene rings is 1. The molecule has 1 aromatic rings. The van der Waals surface area contributed by atoms with Crippen LogP contribution in [-0.4, -0.2) is 12.6 Å². The maximum atomic E-state index is 11.3. The molecule has 17 heavy (non-hydrogen) atoms. The lowest BCUT2D eigenvalue weighted by atomic mass is 9.94. The molecule has 0 heterocycles. The number of carbonyl (C=O) groups is 1. The minimum absolute atomic E-state index is 0.289. The van der Waals surface area contributed by atoms with Crippen molar-refractivity contribution in [3.8, 4) is 0 Å². The molecule has 0 aliphatic rings. The molecule has 0 saturated heterocycles. The Balaban J connectivity index is 3.04. The molecule has 0 aromatic heterocycles. The van der Waals surface area contributed by atoms with Crippen LogP contribution >= 0.6 is 0 Å². The predicted molar refractivity (Wildman–Crippen MR) is 71.1 cm³/mol. The SMILES string of the molecule is CCOC(=O)/C=C/c1cc(C)c(C)c(C)c1C. The second kappa shape index (κ2) is 5.67. The zero-order valence-electron chi connectivity index (χ0n) is 11.3. The summed E-state index contributed by atoms with van der Waals surface area (Å²) in [5.41, 5.74) is 6.15. The fraction of sp³-hybridized carbons (Fsp3) is 0.400. The molecule has 2 heteroatoms. The standard InChI is InChI=1S/C15H20O2/c1-6-17-15(16)8-7-14-9-10(2)11(3)12(4)13(14)5/h7-9H,6H2,1-5H3/b8-7+.